The van der Waals surface area contributed by atoms with Crippen molar-refractivity contribution >= 4 is 23.5 Å². The Kier molecular flexibility index (Phi) is 6.90. The van der Waals surface area contributed by atoms with Crippen molar-refractivity contribution in [1.82, 2.24) is 29.9 Å². The van der Waals surface area contributed by atoms with Gasteiger partial charge in [0, 0.05) is 18.9 Å². The van der Waals surface area contributed by atoms with Crippen molar-refractivity contribution in [3.63, 3.8) is 0 Å². The van der Waals surface area contributed by atoms with Gasteiger partial charge in [-0.15, -0.1) is 5.10 Å². The number of carbonyl (C=O) groups excluding carboxylic acids is 2. The molecule has 0 saturated carbocycles. The monoisotopic (exact) mass is 494 g/mol. The zero-order valence-electron chi connectivity index (χ0n) is 19.4. The van der Waals surface area contributed by atoms with Gasteiger partial charge in [0.05, 0.1) is 34.9 Å². The van der Waals surface area contributed by atoms with E-state index in [0.717, 1.165) is 18.0 Å². The SMILES string of the molecule is Cc1ccc(C(=O)Nc2ccc(-c3nnn(C)c3NC(=O)O[C@H](C)c3cc(F)cnc3F)nc2)cn1. The molecule has 1 atom stereocenters. The van der Waals surface area contributed by atoms with E-state index in [1.807, 2.05) is 6.92 Å². The van der Waals surface area contributed by atoms with Gasteiger partial charge in [0.15, 0.2) is 11.5 Å². The van der Waals surface area contributed by atoms with Crippen LogP contribution in [0.2, 0.25) is 0 Å². The second-order valence-electron chi connectivity index (χ2n) is 7.69. The maximum absolute atomic E-state index is 13.9. The number of halogens is 2. The predicted molar refractivity (Wildman–Crippen MR) is 124 cm³/mol. The number of rotatable bonds is 6. The van der Waals surface area contributed by atoms with E-state index in [9.17, 15) is 18.4 Å². The number of ether oxygens (including phenoxy) is 1. The molecule has 184 valence electrons. The van der Waals surface area contributed by atoms with E-state index in [-0.39, 0.29) is 23.0 Å². The van der Waals surface area contributed by atoms with Gasteiger partial charge in [0.2, 0.25) is 5.95 Å². The van der Waals surface area contributed by atoms with Gasteiger partial charge in [-0.3, -0.25) is 20.1 Å². The molecule has 2 amide bonds. The highest BCUT2D eigenvalue weighted by Gasteiger charge is 2.21. The summed E-state index contributed by atoms with van der Waals surface area (Å²) in [5.74, 6) is -1.91. The van der Waals surface area contributed by atoms with Crippen molar-refractivity contribution in [2.24, 2.45) is 7.05 Å². The topological polar surface area (TPSA) is 137 Å². The number of hydrogen-bond acceptors (Lipinski definition) is 8. The Morgan fingerprint density at radius 1 is 1.03 bits per heavy atom. The zero-order chi connectivity index (χ0) is 25.8. The lowest BCUT2D eigenvalue weighted by Crippen LogP contribution is -2.19. The molecule has 0 aliphatic rings. The second-order valence-corrected chi connectivity index (χ2v) is 7.69. The number of amides is 2. The predicted octanol–water partition coefficient (Wildman–Crippen LogP) is 3.82. The van der Waals surface area contributed by atoms with E-state index in [0.29, 0.717) is 16.9 Å². The highest BCUT2D eigenvalue weighted by Crippen LogP contribution is 2.26. The Morgan fingerprint density at radius 3 is 2.53 bits per heavy atom. The number of pyridine rings is 3. The lowest BCUT2D eigenvalue weighted by molar-refractivity contribution is 0.102. The third kappa shape index (κ3) is 5.46. The van der Waals surface area contributed by atoms with Crippen molar-refractivity contribution in [1.29, 1.82) is 0 Å². The summed E-state index contributed by atoms with van der Waals surface area (Å²) >= 11 is 0. The van der Waals surface area contributed by atoms with Crippen LogP contribution < -0.4 is 10.6 Å². The molecule has 0 aliphatic heterocycles. The molecule has 4 aromatic rings. The molecule has 11 nitrogen and oxygen atoms in total. The van der Waals surface area contributed by atoms with E-state index in [1.165, 1.54) is 31.0 Å². The van der Waals surface area contributed by atoms with Crippen LogP contribution in [0.3, 0.4) is 0 Å². The Morgan fingerprint density at radius 2 is 1.83 bits per heavy atom. The summed E-state index contributed by atoms with van der Waals surface area (Å²) in [5.41, 5.74) is 1.98. The summed E-state index contributed by atoms with van der Waals surface area (Å²) in [6.07, 6.45) is 1.55. The van der Waals surface area contributed by atoms with Crippen LogP contribution in [0.4, 0.5) is 25.1 Å². The molecule has 2 N–H and O–H groups in total. The number of nitrogens with one attached hydrogen (secondary N) is 2. The minimum Gasteiger partial charge on any atom is -0.441 e. The average Bonchev–Trinajstić information content (AvgIpc) is 3.21. The maximum atomic E-state index is 13.9. The lowest BCUT2D eigenvalue weighted by atomic mass is 10.2. The Bertz CT molecular complexity index is 1410. The van der Waals surface area contributed by atoms with E-state index in [4.69, 9.17) is 4.74 Å². The molecule has 0 saturated heterocycles. The zero-order valence-corrected chi connectivity index (χ0v) is 19.4. The van der Waals surface area contributed by atoms with Gasteiger partial charge in [-0.2, -0.15) is 4.39 Å². The fraction of sp³-hybridized carbons (Fsp3) is 0.174. The van der Waals surface area contributed by atoms with Crippen LogP contribution in [0.15, 0.2) is 48.9 Å². The maximum Gasteiger partial charge on any atom is 0.413 e. The van der Waals surface area contributed by atoms with Gasteiger partial charge in [-0.05, 0) is 44.2 Å². The van der Waals surface area contributed by atoms with E-state index >= 15 is 0 Å². The fourth-order valence-corrected chi connectivity index (χ4v) is 3.16. The molecule has 0 fully saturated rings. The molecule has 0 spiro atoms. The van der Waals surface area contributed by atoms with Crippen molar-refractivity contribution in [3.05, 3.63) is 77.5 Å². The van der Waals surface area contributed by atoms with Crippen LogP contribution >= 0.6 is 0 Å². The first-order valence-electron chi connectivity index (χ1n) is 10.6. The minimum absolute atomic E-state index is 0.153. The quantitative estimate of drug-likeness (QED) is 0.386. The van der Waals surface area contributed by atoms with Crippen LogP contribution in [0, 0.1) is 18.7 Å². The first-order valence-corrected chi connectivity index (χ1v) is 10.6. The number of carbonyl (C=O) groups is 2. The Labute approximate surface area is 203 Å². The average molecular weight is 494 g/mol. The minimum atomic E-state index is -1.12. The molecule has 4 rings (SSSR count). The third-order valence-electron chi connectivity index (χ3n) is 5.04. The summed E-state index contributed by atoms with van der Waals surface area (Å²) in [6.45, 7) is 3.20. The van der Waals surface area contributed by atoms with Gasteiger partial charge in [0.25, 0.3) is 5.91 Å². The number of nitrogens with zero attached hydrogens (tertiary/aromatic N) is 6. The van der Waals surface area contributed by atoms with E-state index in [2.05, 4.69) is 35.9 Å². The van der Waals surface area contributed by atoms with Crippen LogP contribution in [-0.2, 0) is 11.8 Å². The molecule has 0 radical (unpaired) electrons. The Hall–Kier alpha value is -4.81. The Balaban J connectivity index is 1.45. The van der Waals surface area contributed by atoms with E-state index < -0.39 is 24.0 Å². The smallest absolute Gasteiger partial charge is 0.413 e. The molecule has 4 aromatic heterocycles. The van der Waals surface area contributed by atoms with E-state index in [1.54, 1.807) is 24.3 Å². The van der Waals surface area contributed by atoms with Crippen molar-refractivity contribution in [3.8, 4) is 11.4 Å². The summed E-state index contributed by atoms with van der Waals surface area (Å²) in [7, 11) is 1.54. The summed E-state index contributed by atoms with van der Waals surface area (Å²) in [5, 5.41) is 13.1. The van der Waals surface area contributed by atoms with Gasteiger partial charge >= 0.3 is 6.09 Å². The highest BCUT2D eigenvalue weighted by atomic mass is 19.1. The number of aromatic nitrogens is 6. The van der Waals surface area contributed by atoms with Crippen LogP contribution in [0.25, 0.3) is 11.4 Å². The third-order valence-corrected chi connectivity index (χ3v) is 5.04. The van der Waals surface area contributed by atoms with Crippen LogP contribution in [0.5, 0.6) is 0 Å². The number of hydrogen-bond donors (Lipinski definition) is 2. The molecule has 0 unspecified atom stereocenters. The number of anilines is 2. The molecule has 13 heteroatoms. The summed E-state index contributed by atoms with van der Waals surface area (Å²) in [4.78, 5) is 36.5. The van der Waals surface area contributed by atoms with Gasteiger partial charge in [-0.25, -0.2) is 18.9 Å². The molecular formula is C23H20F2N8O3. The highest BCUT2D eigenvalue weighted by molar-refractivity contribution is 6.04. The summed E-state index contributed by atoms with van der Waals surface area (Å²) in [6, 6.07) is 7.49. The van der Waals surface area contributed by atoms with Gasteiger partial charge in [0.1, 0.15) is 11.9 Å². The largest absolute Gasteiger partial charge is 0.441 e. The molecule has 0 aliphatic carbocycles. The molecule has 0 bridgehead atoms. The molecular weight excluding hydrogens is 474 g/mol. The standard InChI is InChI=1S/C23H20F2N8O3/c1-12-4-5-14(9-26-12)22(34)29-16-6-7-18(27-11-16)19-21(33(3)32-31-19)30-23(35)36-13(2)17-8-15(24)10-28-20(17)25/h4-11,13H,1-3H3,(H,29,34)(H,30,35)/t13-/m1/s1. The van der Waals surface area contributed by atoms with Gasteiger partial charge < -0.3 is 10.1 Å². The fourth-order valence-electron chi connectivity index (χ4n) is 3.16. The van der Waals surface area contributed by atoms with Crippen LogP contribution in [-0.4, -0.2) is 41.9 Å². The van der Waals surface area contributed by atoms with Crippen LogP contribution in [0.1, 0.15) is 34.6 Å². The molecule has 36 heavy (non-hydrogen) atoms. The second kappa shape index (κ2) is 10.2. The molecule has 0 aromatic carbocycles. The van der Waals surface area contributed by atoms with Crippen molar-refractivity contribution in [2.45, 2.75) is 20.0 Å². The van der Waals surface area contributed by atoms with Crippen molar-refractivity contribution < 1.29 is 23.1 Å². The lowest BCUT2D eigenvalue weighted by Gasteiger charge is -2.15. The normalized spacial score (nSPS) is 11.6. The first-order chi connectivity index (χ1) is 17.2. The summed E-state index contributed by atoms with van der Waals surface area (Å²) < 4.78 is 33.7. The first kappa shape index (κ1) is 24.3. The van der Waals surface area contributed by atoms with Gasteiger partial charge in [-0.1, -0.05) is 5.21 Å². The molecule has 4 heterocycles. The van der Waals surface area contributed by atoms with Crippen molar-refractivity contribution in [2.75, 3.05) is 10.6 Å². The number of aryl methyl sites for hydroxylation is 2.